The van der Waals surface area contributed by atoms with Crippen molar-refractivity contribution in [2.75, 3.05) is 13.7 Å². The van der Waals surface area contributed by atoms with Gasteiger partial charge in [0.1, 0.15) is 0 Å². The zero-order valence-electron chi connectivity index (χ0n) is 10.3. The number of nitrogens with one attached hydrogen (secondary N) is 1. The molecule has 1 aliphatic heterocycles. The van der Waals surface area contributed by atoms with Crippen molar-refractivity contribution >= 4 is 11.9 Å². The topological polar surface area (TPSA) is 55.4 Å². The Balaban J connectivity index is 1.94. The van der Waals surface area contributed by atoms with Crippen LogP contribution in [0.25, 0.3) is 0 Å². The van der Waals surface area contributed by atoms with Crippen LogP contribution in [-0.2, 0) is 22.4 Å². The van der Waals surface area contributed by atoms with E-state index >= 15 is 0 Å². The molecule has 1 atom stereocenters. The third-order valence-corrected chi connectivity index (χ3v) is 4.06. The van der Waals surface area contributed by atoms with Crippen molar-refractivity contribution in [3.63, 3.8) is 0 Å². The molecule has 2 aliphatic rings. The molecule has 94 valence electrons. The van der Waals surface area contributed by atoms with E-state index in [2.05, 4.69) is 5.32 Å². The van der Waals surface area contributed by atoms with Gasteiger partial charge in [0, 0.05) is 6.54 Å². The number of fused-ring (bicyclic) bond motifs is 1. The number of esters is 1. The molecule has 0 saturated carbocycles. The normalized spacial score (nSPS) is 25.1. The van der Waals surface area contributed by atoms with Crippen LogP contribution in [0.5, 0.6) is 0 Å². The van der Waals surface area contributed by atoms with Gasteiger partial charge >= 0.3 is 5.97 Å². The molecule has 1 aromatic rings. The van der Waals surface area contributed by atoms with Crippen LogP contribution in [0, 0.1) is 5.41 Å². The van der Waals surface area contributed by atoms with E-state index < -0.39 is 0 Å². The van der Waals surface area contributed by atoms with Crippen molar-refractivity contribution in [2.45, 2.75) is 19.3 Å². The largest absolute Gasteiger partial charge is 0.465 e. The summed E-state index contributed by atoms with van der Waals surface area (Å²) >= 11 is 0. The minimum Gasteiger partial charge on any atom is -0.465 e. The number of hydrogen-bond acceptors (Lipinski definition) is 3. The predicted octanol–water partition coefficient (Wildman–Crippen LogP) is 1.08. The number of rotatable bonds is 1. The Morgan fingerprint density at radius 2 is 2.11 bits per heavy atom. The van der Waals surface area contributed by atoms with Gasteiger partial charge in [-0.2, -0.15) is 0 Å². The van der Waals surface area contributed by atoms with E-state index in [1.165, 1.54) is 12.7 Å². The summed E-state index contributed by atoms with van der Waals surface area (Å²) in [4.78, 5) is 23.4. The number of benzene rings is 1. The van der Waals surface area contributed by atoms with Gasteiger partial charge in [-0.15, -0.1) is 0 Å². The Hall–Kier alpha value is -1.84. The van der Waals surface area contributed by atoms with Crippen molar-refractivity contribution in [2.24, 2.45) is 5.41 Å². The van der Waals surface area contributed by atoms with Crippen molar-refractivity contribution in [3.8, 4) is 0 Å². The Labute approximate surface area is 105 Å². The highest BCUT2D eigenvalue weighted by Gasteiger charge is 2.46. The highest BCUT2D eigenvalue weighted by atomic mass is 16.5. The molecule has 3 rings (SSSR count). The minimum absolute atomic E-state index is 0.151. The highest BCUT2D eigenvalue weighted by Crippen LogP contribution is 2.42. The fourth-order valence-corrected chi connectivity index (χ4v) is 3.05. The second-order valence-corrected chi connectivity index (χ2v) is 5.11. The maximum atomic E-state index is 11.9. The molecule has 18 heavy (non-hydrogen) atoms. The van der Waals surface area contributed by atoms with E-state index in [9.17, 15) is 9.59 Å². The molecule has 1 spiro atoms. The molecule has 4 heteroatoms. The third kappa shape index (κ3) is 1.52. The fraction of sp³-hybridized carbons (Fsp3) is 0.429. The van der Waals surface area contributed by atoms with Crippen LogP contribution in [0.15, 0.2) is 18.2 Å². The maximum absolute atomic E-state index is 11.9. The van der Waals surface area contributed by atoms with Gasteiger partial charge in [0.2, 0.25) is 5.91 Å². The second kappa shape index (κ2) is 3.83. The lowest BCUT2D eigenvalue weighted by molar-refractivity contribution is -0.127. The van der Waals surface area contributed by atoms with Crippen LogP contribution in [0.2, 0.25) is 0 Å². The molecule has 1 aliphatic carbocycles. The summed E-state index contributed by atoms with van der Waals surface area (Å²) in [6.07, 6.45) is 2.41. The SMILES string of the molecule is COC(=O)c1ccc2c(c1)C[C@@]1(CCNC1=O)C2. The van der Waals surface area contributed by atoms with Crippen LogP contribution in [-0.4, -0.2) is 25.5 Å². The lowest BCUT2D eigenvalue weighted by Crippen LogP contribution is -2.31. The van der Waals surface area contributed by atoms with Gasteiger partial charge in [-0.25, -0.2) is 4.79 Å². The molecule has 1 heterocycles. The van der Waals surface area contributed by atoms with Crippen LogP contribution in [0.1, 0.15) is 27.9 Å². The first-order valence-electron chi connectivity index (χ1n) is 6.13. The van der Waals surface area contributed by atoms with Crippen LogP contribution in [0.4, 0.5) is 0 Å². The number of amides is 1. The van der Waals surface area contributed by atoms with E-state index in [0.717, 1.165) is 31.4 Å². The molecular weight excluding hydrogens is 230 g/mol. The highest BCUT2D eigenvalue weighted by molar-refractivity contribution is 5.90. The zero-order chi connectivity index (χ0) is 12.8. The van der Waals surface area contributed by atoms with Gasteiger partial charge in [0.25, 0.3) is 0 Å². The smallest absolute Gasteiger partial charge is 0.337 e. The summed E-state index contributed by atoms with van der Waals surface area (Å²) < 4.78 is 4.72. The Kier molecular flexibility index (Phi) is 2.40. The number of hydrogen-bond donors (Lipinski definition) is 1. The van der Waals surface area contributed by atoms with E-state index in [1.54, 1.807) is 6.07 Å². The number of carbonyl (C=O) groups is 2. The summed E-state index contributed by atoms with van der Waals surface area (Å²) in [5.74, 6) is -0.173. The minimum atomic E-state index is -0.324. The monoisotopic (exact) mass is 245 g/mol. The molecule has 4 nitrogen and oxygen atoms in total. The summed E-state index contributed by atoms with van der Waals surface area (Å²) in [7, 11) is 1.38. The Morgan fingerprint density at radius 1 is 1.33 bits per heavy atom. The van der Waals surface area contributed by atoms with Crippen LogP contribution < -0.4 is 5.32 Å². The lowest BCUT2D eigenvalue weighted by Gasteiger charge is -2.17. The first-order chi connectivity index (χ1) is 8.64. The predicted molar refractivity (Wildman–Crippen MR) is 65.2 cm³/mol. The molecule has 1 saturated heterocycles. The van der Waals surface area contributed by atoms with E-state index in [4.69, 9.17) is 4.74 Å². The first kappa shape index (κ1) is 11.3. The average Bonchev–Trinajstić information content (AvgIpc) is 2.92. The molecule has 1 aromatic carbocycles. The summed E-state index contributed by atoms with van der Waals surface area (Å²) in [6, 6.07) is 5.58. The number of carbonyl (C=O) groups excluding carboxylic acids is 2. The molecule has 0 bridgehead atoms. The maximum Gasteiger partial charge on any atom is 0.337 e. The summed E-state index contributed by atoms with van der Waals surface area (Å²) in [6.45, 7) is 0.761. The molecule has 0 radical (unpaired) electrons. The molecule has 1 amide bonds. The average molecular weight is 245 g/mol. The van der Waals surface area contributed by atoms with Gasteiger partial charge in [0.15, 0.2) is 0 Å². The van der Waals surface area contributed by atoms with Gasteiger partial charge in [0.05, 0.1) is 18.1 Å². The molecule has 0 aromatic heterocycles. The third-order valence-electron chi connectivity index (χ3n) is 4.06. The first-order valence-corrected chi connectivity index (χ1v) is 6.13. The van der Waals surface area contributed by atoms with Gasteiger partial charge in [-0.3, -0.25) is 4.79 Å². The van der Waals surface area contributed by atoms with Crippen molar-refractivity contribution in [1.82, 2.24) is 5.32 Å². The van der Waals surface area contributed by atoms with Gasteiger partial charge in [-0.05, 0) is 42.5 Å². The summed E-state index contributed by atoms with van der Waals surface area (Å²) in [5.41, 5.74) is 2.58. The van der Waals surface area contributed by atoms with E-state index in [-0.39, 0.29) is 17.3 Å². The van der Waals surface area contributed by atoms with Gasteiger partial charge < -0.3 is 10.1 Å². The zero-order valence-corrected chi connectivity index (χ0v) is 10.3. The Morgan fingerprint density at radius 3 is 2.78 bits per heavy atom. The molecule has 0 unspecified atom stereocenters. The quantitative estimate of drug-likeness (QED) is 0.753. The molecule has 1 fully saturated rings. The van der Waals surface area contributed by atoms with E-state index in [0.29, 0.717) is 5.56 Å². The second-order valence-electron chi connectivity index (χ2n) is 5.11. The van der Waals surface area contributed by atoms with Crippen LogP contribution >= 0.6 is 0 Å². The van der Waals surface area contributed by atoms with Crippen molar-refractivity contribution in [1.29, 1.82) is 0 Å². The van der Waals surface area contributed by atoms with E-state index in [1.807, 2.05) is 12.1 Å². The Bertz CT molecular complexity index is 538. The standard InChI is InChI=1S/C14H15NO3/c1-18-12(16)9-2-3-10-7-14(8-11(10)6-9)4-5-15-13(14)17/h2-3,6H,4-5,7-8H2,1H3,(H,15,17)/t14-/m1/s1. The van der Waals surface area contributed by atoms with Crippen LogP contribution in [0.3, 0.4) is 0 Å². The fourth-order valence-electron chi connectivity index (χ4n) is 3.05. The lowest BCUT2D eigenvalue weighted by atomic mass is 9.83. The molecule has 1 N–H and O–H groups in total. The van der Waals surface area contributed by atoms with Crippen molar-refractivity contribution in [3.05, 3.63) is 34.9 Å². The van der Waals surface area contributed by atoms with Crippen molar-refractivity contribution < 1.29 is 14.3 Å². The summed E-state index contributed by atoms with van der Waals surface area (Å²) in [5, 5.41) is 2.91. The number of ether oxygens (including phenoxy) is 1. The molecular formula is C14H15NO3. The number of methoxy groups -OCH3 is 1. The van der Waals surface area contributed by atoms with Gasteiger partial charge in [-0.1, -0.05) is 6.07 Å².